The number of nitrogens with one attached hydrogen (secondary N) is 1. The van der Waals surface area contributed by atoms with E-state index in [1.54, 1.807) is 18.5 Å². The number of aromatic nitrogens is 2. The van der Waals surface area contributed by atoms with E-state index in [9.17, 15) is 4.79 Å². The summed E-state index contributed by atoms with van der Waals surface area (Å²) < 4.78 is 0. The Kier molecular flexibility index (Phi) is 4.86. The van der Waals surface area contributed by atoms with Crippen molar-refractivity contribution in [1.82, 2.24) is 15.3 Å². The molecule has 1 atom stereocenters. The highest BCUT2D eigenvalue weighted by atomic mass is 16.1. The van der Waals surface area contributed by atoms with Crippen LogP contribution in [0.1, 0.15) is 24.0 Å². The Balaban J connectivity index is 1.55. The van der Waals surface area contributed by atoms with Gasteiger partial charge in [-0.15, -0.1) is 0 Å². The summed E-state index contributed by atoms with van der Waals surface area (Å²) in [5.41, 5.74) is 2.36. The van der Waals surface area contributed by atoms with Gasteiger partial charge < -0.3 is 10.2 Å². The summed E-state index contributed by atoms with van der Waals surface area (Å²) in [6.07, 6.45) is 5.39. The quantitative estimate of drug-likeness (QED) is 0.941. The molecule has 1 aliphatic heterocycles. The van der Waals surface area contributed by atoms with E-state index in [4.69, 9.17) is 0 Å². The van der Waals surface area contributed by atoms with Crippen LogP contribution in [0.2, 0.25) is 0 Å². The van der Waals surface area contributed by atoms with Crippen LogP contribution in [0, 0.1) is 12.8 Å². The number of amides is 1. The van der Waals surface area contributed by atoms with Gasteiger partial charge in [0.1, 0.15) is 0 Å². The molecule has 1 aliphatic rings. The van der Waals surface area contributed by atoms with E-state index >= 15 is 0 Å². The van der Waals surface area contributed by atoms with Crippen LogP contribution in [0.25, 0.3) is 0 Å². The lowest BCUT2D eigenvalue weighted by molar-refractivity contribution is -0.125. The minimum Gasteiger partial charge on any atom is -0.352 e. The fourth-order valence-corrected chi connectivity index (χ4v) is 2.87. The predicted octanol–water partition coefficient (Wildman–Crippen LogP) is 2.32. The van der Waals surface area contributed by atoms with E-state index in [1.807, 2.05) is 0 Å². The zero-order valence-electron chi connectivity index (χ0n) is 13.4. The maximum atomic E-state index is 12.4. The van der Waals surface area contributed by atoms with Gasteiger partial charge in [0.2, 0.25) is 11.9 Å². The molecule has 2 aromatic rings. The van der Waals surface area contributed by atoms with E-state index in [0.717, 1.165) is 24.9 Å². The van der Waals surface area contributed by atoms with Crippen molar-refractivity contribution >= 4 is 11.9 Å². The third-order valence-corrected chi connectivity index (χ3v) is 4.21. The Morgan fingerprint density at radius 3 is 2.74 bits per heavy atom. The summed E-state index contributed by atoms with van der Waals surface area (Å²) in [5, 5.41) is 3.05. The van der Waals surface area contributed by atoms with Gasteiger partial charge in [-0.1, -0.05) is 29.8 Å². The van der Waals surface area contributed by atoms with Crippen LogP contribution in [0.3, 0.4) is 0 Å². The first-order valence-corrected chi connectivity index (χ1v) is 8.07. The summed E-state index contributed by atoms with van der Waals surface area (Å²) in [6.45, 7) is 4.23. The number of nitrogens with zero attached hydrogens (tertiary/aromatic N) is 3. The largest absolute Gasteiger partial charge is 0.352 e. The van der Waals surface area contributed by atoms with Gasteiger partial charge in [-0.05, 0) is 31.4 Å². The van der Waals surface area contributed by atoms with E-state index in [-0.39, 0.29) is 11.8 Å². The second-order valence-electron chi connectivity index (χ2n) is 6.04. The Bertz CT molecular complexity index is 642. The molecule has 0 unspecified atom stereocenters. The van der Waals surface area contributed by atoms with Crippen LogP contribution in [0.4, 0.5) is 5.95 Å². The third-order valence-electron chi connectivity index (χ3n) is 4.21. The lowest BCUT2D eigenvalue weighted by atomic mass is 9.97. The standard InChI is InChI=1S/C18H22N4O/c1-14-5-7-15(8-6-14)12-21-17(23)16-4-2-11-22(13-16)18-19-9-3-10-20-18/h3,5-10,16H,2,4,11-13H2,1H3,(H,21,23)/t16-/m0/s1. The summed E-state index contributed by atoms with van der Waals surface area (Å²) >= 11 is 0. The molecule has 1 saturated heterocycles. The molecular weight excluding hydrogens is 288 g/mol. The fraction of sp³-hybridized carbons (Fsp3) is 0.389. The molecule has 0 saturated carbocycles. The van der Waals surface area contributed by atoms with E-state index in [2.05, 4.69) is 51.4 Å². The Hall–Kier alpha value is -2.43. The van der Waals surface area contributed by atoms with Crippen LogP contribution in [0.15, 0.2) is 42.7 Å². The van der Waals surface area contributed by atoms with Crippen molar-refractivity contribution < 1.29 is 4.79 Å². The number of hydrogen-bond donors (Lipinski definition) is 1. The topological polar surface area (TPSA) is 58.1 Å². The molecule has 23 heavy (non-hydrogen) atoms. The van der Waals surface area contributed by atoms with E-state index in [1.165, 1.54) is 5.56 Å². The van der Waals surface area contributed by atoms with Crippen molar-refractivity contribution in [2.75, 3.05) is 18.0 Å². The smallest absolute Gasteiger partial charge is 0.225 e. The lowest BCUT2D eigenvalue weighted by Gasteiger charge is -2.31. The van der Waals surface area contributed by atoms with Crippen LogP contribution >= 0.6 is 0 Å². The number of piperidine rings is 1. The van der Waals surface area contributed by atoms with Crippen LogP contribution in [-0.2, 0) is 11.3 Å². The predicted molar refractivity (Wildman–Crippen MR) is 90.0 cm³/mol. The average Bonchev–Trinajstić information content (AvgIpc) is 2.62. The van der Waals surface area contributed by atoms with Crippen molar-refractivity contribution in [2.45, 2.75) is 26.3 Å². The maximum Gasteiger partial charge on any atom is 0.225 e. The first-order valence-electron chi connectivity index (χ1n) is 8.07. The molecule has 0 aliphatic carbocycles. The van der Waals surface area contributed by atoms with Gasteiger partial charge in [-0.2, -0.15) is 0 Å². The monoisotopic (exact) mass is 310 g/mol. The summed E-state index contributed by atoms with van der Waals surface area (Å²) in [6, 6.07) is 10.0. The molecule has 5 heteroatoms. The number of benzene rings is 1. The zero-order valence-corrected chi connectivity index (χ0v) is 13.4. The molecule has 0 bridgehead atoms. The first-order chi connectivity index (χ1) is 11.2. The number of carbonyl (C=O) groups is 1. The highest BCUT2D eigenvalue weighted by Crippen LogP contribution is 2.20. The number of aryl methyl sites for hydroxylation is 1. The van der Waals surface area contributed by atoms with Crippen LogP contribution in [0.5, 0.6) is 0 Å². The van der Waals surface area contributed by atoms with Crippen molar-refractivity contribution in [3.63, 3.8) is 0 Å². The Morgan fingerprint density at radius 1 is 1.26 bits per heavy atom. The van der Waals surface area contributed by atoms with Crippen molar-refractivity contribution in [1.29, 1.82) is 0 Å². The molecule has 5 nitrogen and oxygen atoms in total. The highest BCUT2D eigenvalue weighted by Gasteiger charge is 2.26. The van der Waals surface area contributed by atoms with Gasteiger partial charge in [-0.25, -0.2) is 9.97 Å². The second-order valence-corrected chi connectivity index (χ2v) is 6.04. The van der Waals surface area contributed by atoms with E-state index in [0.29, 0.717) is 19.0 Å². The molecule has 0 spiro atoms. The number of carbonyl (C=O) groups excluding carboxylic acids is 1. The van der Waals surface area contributed by atoms with Gasteiger partial charge in [0.05, 0.1) is 5.92 Å². The van der Waals surface area contributed by atoms with Gasteiger partial charge in [0, 0.05) is 32.0 Å². The van der Waals surface area contributed by atoms with Crippen molar-refractivity contribution in [2.24, 2.45) is 5.92 Å². The molecular formula is C18H22N4O. The third kappa shape index (κ3) is 4.06. The van der Waals surface area contributed by atoms with Gasteiger partial charge >= 0.3 is 0 Å². The number of hydrogen-bond acceptors (Lipinski definition) is 4. The van der Waals surface area contributed by atoms with E-state index < -0.39 is 0 Å². The SMILES string of the molecule is Cc1ccc(CNC(=O)[C@H]2CCCN(c3ncccn3)C2)cc1. The maximum absolute atomic E-state index is 12.4. The van der Waals surface area contributed by atoms with Gasteiger partial charge in [0.25, 0.3) is 0 Å². The highest BCUT2D eigenvalue weighted by molar-refractivity contribution is 5.79. The molecule has 1 aromatic carbocycles. The first kappa shape index (κ1) is 15.5. The zero-order chi connectivity index (χ0) is 16.1. The number of anilines is 1. The summed E-state index contributed by atoms with van der Waals surface area (Å²) in [7, 11) is 0. The lowest BCUT2D eigenvalue weighted by Crippen LogP contribution is -2.43. The molecule has 1 N–H and O–H groups in total. The van der Waals surface area contributed by atoms with Gasteiger partial charge in [0.15, 0.2) is 0 Å². The fourth-order valence-electron chi connectivity index (χ4n) is 2.87. The van der Waals surface area contributed by atoms with Crippen molar-refractivity contribution in [3.05, 3.63) is 53.9 Å². The van der Waals surface area contributed by atoms with Crippen LogP contribution in [-0.4, -0.2) is 29.0 Å². The molecule has 120 valence electrons. The summed E-state index contributed by atoms with van der Waals surface area (Å²) in [4.78, 5) is 23.1. The molecule has 2 heterocycles. The van der Waals surface area contributed by atoms with Crippen molar-refractivity contribution in [3.8, 4) is 0 Å². The minimum absolute atomic E-state index is 0.00185. The van der Waals surface area contributed by atoms with Gasteiger partial charge in [-0.3, -0.25) is 4.79 Å². The normalized spacial score (nSPS) is 17.8. The Labute approximate surface area is 136 Å². The molecule has 1 fully saturated rings. The molecule has 0 radical (unpaired) electrons. The summed E-state index contributed by atoms with van der Waals surface area (Å²) in [5.74, 6) is 0.827. The minimum atomic E-state index is -0.00185. The molecule has 1 aromatic heterocycles. The number of rotatable bonds is 4. The molecule has 1 amide bonds. The molecule has 3 rings (SSSR count). The average molecular weight is 310 g/mol. The van der Waals surface area contributed by atoms with Crippen LogP contribution < -0.4 is 10.2 Å². The Morgan fingerprint density at radius 2 is 2.00 bits per heavy atom. The second kappa shape index (κ2) is 7.22.